The van der Waals surface area contributed by atoms with E-state index in [0.29, 0.717) is 5.82 Å². The second-order valence-corrected chi connectivity index (χ2v) is 6.11. The smallest absolute Gasteiger partial charge is 0.240 e. The molecule has 0 saturated heterocycles. The monoisotopic (exact) mass is 349 g/mol. The first kappa shape index (κ1) is 16.1. The van der Waals surface area contributed by atoms with Crippen LogP contribution in [0.4, 0.5) is 0 Å². The normalized spacial score (nSPS) is 12.4. The van der Waals surface area contributed by atoms with Crippen LogP contribution in [0.3, 0.4) is 0 Å². The maximum absolute atomic E-state index is 12.5. The average Bonchev–Trinajstić information content (AvgIpc) is 3.26. The number of nitrogens with one attached hydrogen (secondary N) is 1. The summed E-state index contributed by atoms with van der Waals surface area (Å²) in [5, 5.41) is 12.3. The molecule has 4 rings (SSSR count). The highest BCUT2D eigenvalue weighted by atomic mass is 16.5. The number of amides is 1. The van der Waals surface area contributed by atoms with Gasteiger partial charge in [0.1, 0.15) is 12.3 Å². The van der Waals surface area contributed by atoms with E-state index >= 15 is 0 Å². The summed E-state index contributed by atoms with van der Waals surface area (Å²) >= 11 is 0. The number of methoxy groups -OCH3 is 1. The second kappa shape index (κ2) is 6.51. The van der Waals surface area contributed by atoms with Gasteiger partial charge < -0.3 is 14.6 Å². The Hall–Kier alpha value is -3.35. The van der Waals surface area contributed by atoms with Crippen molar-refractivity contribution in [2.45, 2.75) is 19.5 Å². The van der Waals surface area contributed by atoms with Gasteiger partial charge in [0, 0.05) is 17.8 Å². The molecule has 1 N–H and O–H groups in total. The summed E-state index contributed by atoms with van der Waals surface area (Å²) in [6, 6.07) is 13.2. The lowest BCUT2D eigenvalue weighted by Gasteiger charge is -2.13. The molecule has 132 valence electrons. The van der Waals surface area contributed by atoms with E-state index in [1.54, 1.807) is 7.11 Å². The highest BCUT2D eigenvalue weighted by Gasteiger charge is 2.16. The SMILES string of the molecule is COc1cccc2c1ccn2CC(=O)NC(C)c1nnc2ccccn12. The zero-order valence-electron chi connectivity index (χ0n) is 14.6. The summed E-state index contributed by atoms with van der Waals surface area (Å²) < 4.78 is 9.15. The van der Waals surface area contributed by atoms with Crippen molar-refractivity contribution in [3.63, 3.8) is 0 Å². The molecule has 26 heavy (non-hydrogen) atoms. The Bertz CT molecular complexity index is 1080. The molecule has 0 aliphatic heterocycles. The van der Waals surface area contributed by atoms with Crippen LogP contribution in [0.5, 0.6) is 5.75 Å². The van der Waals surface area contributed by atoms with Crippen molar-refractivity contribution >= 4 is 22.5 Å². The topological polar surface area (TPSA) is 73.4 Å². The summed E-state index contributed by atoms with van der Waals surface area (Å²) in [6.45, 7) is 2.12. The first-order chi connectivity index (χ1) is 12.7. The number of carbonyl (C=O) groups excluding carboxylic acids is 1. The third kappa shape index (κ3) is 2.77. The van der Waals surface area contributed by atoms with E-state index in [0.717, 1.165) is 22.3 Å². The molecule has 0 saturated carbocycles. The molecule has 0 radical (unpaired) electrons. The number of aromatic nitrogens is 4. The molecule has 3 heterocycles. The Labute approximate surface area is 150 Å². The van der Waals surface area contributed by atoms with Crippen molar-refractivity contribution < 1.29 is 9.53 Å². The molecule has 1 amide bonds. The van der Waals surface area contributed by atoms with Crippen molar-refractivity contribution in [2.24, 2.45) is 0 Å². The van der Waals surface area contributed by atoms with Crippen LogP contribution in [-0.2, 0) is 11.3 Å². The molecule has 3 aromatic heterocycles. The van der Waals surface area contributed by atoms with Gasteiger partial charge in [0.2, 0.25) is 5.91 Å². The van der Waals surface area contributed by atoms with Crippen molar-refractivity contribution in [3.05, 3.63) is 60.7 Å². The predicted octanol–water partition coefficient (Wildman–Crippen LogP) is 2.57. The molecule has 0 aliphatic carbocycles. The molecule has 0 fully saturated rings. The molecule has 7 nitrogen and oxygen atoms in total. The number of benzene rings is 1. The molecule has 0 spiro atoms. The van der Waals surface area contributed by atoms with Crippen LogP contribution < -0.4 is 10.1 Å². The molecular weight excluding hydrogens is 330 g/mol. The van der Waals surface area contributed by atoms with Gasteiger partial charge in [0.05, 0.1) is 18.7 Å². The predicted molar refractivity (Wildman–Crippen MR) is 98.0 cm³/mol. The quantitative estimate of drug-likeness (QED) is 0.601. The van der Waals surface area contributed by atoms with Gasteiger partial charge in [-0.15, -0.1) is 10.2 Å². The molecule has 1 aromatic carbocycles. The lowest BCUT2D eigenvalue weighted by atomic mass is 10.2. The van der Waals surface area contributed by atoms with Gasteiger partial charge in [-0.2, -0.15) is 0 Å². The number of carbonyl (C=O) groups is 1. The molecule has 0 aliphatic rings. The van der Waals surface area contributed by atoms with Crippen molar-refractivity contribution in [1.82, 2.24) is 24.5 Å². The number of nitrogens with zero attached hydrogens (tertiary/aromatic N) is 4. The number of hydrogen-bond acceptors (Lipinski definition) is 4. The van der Waals surface area contributed by atoms with Crippen molar-refractivity contribution in [2.75, 3.05) is 7.11 Å². The van der Waals surface area contributed by atoms with E-state index in [4.69, 9.17) is 4.74 Å². The van der Waals surface area contributed by atoms with Crippen LogP contribution >= 0.6 is 0 Å². The number of pyridine rings is 1. The third-order valence-electron chi connectivity index (χ3n) is 4.41. The lowest BCUT2D eigenvalue weighted by molar-refractivity contribution is -0.122. The summed E-state index contributed by atoms with van der Waals surface area (Å²) in [5.41, 5.74) is 1.71. The summed E-state index contributed by atoms with van der Waals surface area (Å²) in [4.78, 5) is 12.5. The standard InChI is InChI=1S/C19H19N5O2/c1-13(19-22-21-17-8-3-4-10-24(17)19)20-18(25)12-23-11-9-14-15(23)6-5-7-16(14)26-2/h3-11,13H,12H2,1-2H3,(H,20,25). The Morgan fingerprint density at radius 1 is 1.15 bits per heavy atom. The summed E-state index contributed by atoms with van der Waals surface area (Å²) in [6.07, 6.45) is 3.78. The molecule has 4 aromatic rings. The first-order valence-electron chi connectivity index (χ1n) is 8.38. The van der Waals surface area contributed by atoms with Crippen LogP contribution in [0.25, 0.3) is 16.6 Å². The minimum Gasteiger partial charge on any atom is -0.496 e. The molecule has 1 unspecified atom stereocenters. The van der Waals surface area contributed by atoms with Crippen LogP contribution in [0, 0.1) is 0 Å². The van der Waals surface area contributed by atoms with Crippen molar-refractivity contribution in [1.29, 1.82) is 0 Å². The fourth-order valence-electron chi connectivity index (χ4n) is 3.17. The summed E-state index contributed by atoms with van der Waals surface area (Å²) in [5.74, 6) is 1.41. The van der Waals surface area contributed by atoms with Crippen LogP contribution in [-0.4, -0.2) is 32.2 Å². The number of hydrogen-bond donors (Lipinski definition) is 1. The van der Waals surface area contributed by atoms with Gasteiger partial charge >= 0.3 is 0 Å². The zero-order valence-corrected chi connectivity index (χ0v) is 14.6. The summed E-state index contributed by atoms with van der Waals surface area (Å²) in [7, 11) is 1.64. The lowest BCUT2D eigenvalue weighted by Crippen LogP contribution is -2.30. The maximum Gasteiger partial charge on any atom is 0.240 e. The van der Waals surface area contributed by atoms with Crippen LogP contribution in [0.2, 0.25) is 0 Å². The highest BCUT2D eigenvalue weighted by molar-refractivity contribution is 5.88. The van der Waals surface area contributed by atoms with Gasteiger partial charge in [0.15, 0.2) is 11.5 Å². The van der Waals surface area contributed by atoms with Crippen molar-refractivity contribution in [3.8, 4) is 5.75 Å². The zero-order chi connectivity index (χ0) is 18.1. The van der Waals surface area contributed by atoms with E-state index in [1.807, 2.05) is 70.7 Å². The Morgan fingerprint density at radius 2 is 2.04 bits per heavy atom. The number of fused-ring (bicyclic) bond motifs is 2. The Kier molecular flexibility index (Phi) is 4.04. The molecular formula is C19H19N5O2. The molecule has 0 bridgehead atoms. The Morgan fingerprint density at radius 3 is 2.88 bits per heavy atom. The highest BCUT2D eigenvalue weighted by Crippen LogP contribution is 2.26. The largest absolute Gasteiger partial charge is 0.496 e. The minimum absolute atomic E-state index is 0.0921. The first-order valence-corrected chi connectivity index (χ1v) is 8.38. The van der Waals surface area contributed by atoms with Gasteiger partial charge in [0.25, 0.3) is 0 Å². The number of rotatable bonds is 5. The maximum atomic E-state index is 12.5. The van der Waals surface area contributed by atoms with Gasteiger partial charge in [-0.3, -0.25) is 9.20 Å². The van der Waals surface area contributed by atoms with Gasteiger partial charge in [-0.1, -0.05) is 12.1 Å². The van der Waals surface area contributed by atoms with E-state index in [1.165, 1.54) is 0 Å². The van der Waals surface area contributed by atoms with E-state index in [2.05, 4.69) is 15.5 Å². The second-order valence-electron chi connectivity index (χ2n) is 6.11. The molecule has 1 atom stereocenters. The van der Waals surface area contributed by atoms with E-state index in [9.17, 15) is 4.79 Å². The molecule has 7 heteroatoms. The van der Waals surface area contributed by atoms with E-state index < -0.39 is 0 Å². The fraction of sp³-hybridized carbons (Fsp3) is 0.211. The Balaban J connectivity index is 1.52. The number of ether oxygens (including phenoxy) is 1. The van der Waals surface area contributed by atoms with Crippen LogP contribution in [0.1, 0.15) is 18.8 Å². The average molecular weight is 349 g/mol. The minimum atomic E-state index is -0.253. The van der Waals surface area contributed by atoms with Gasteiger partial charge in [-0.05, 0) is 37.3 Å². The van der Waals surface area contributed by atoms with Gasteiger partial charge in [-0.25, -0.2) is 0 Å². The third-order valence-corrected chi connectivity index (χ3v) is 4.41. The fourth-order valence-corrected chi connectivity index (χ4v) is 3.17. The van der Waals surface area contributed by atoms with Crippen LogP contribution in [0.15, 0.2) is 54.9 Å². The van der Waals surface area contributed by atoms with E-state index in [-0.39, 0.29) is 18.5 Å².